The molecular weight excluding hydrogens is 368 g/mol. The van der Waals surface area contributed by atoms with Gasteiger partial charge in [-0.05, 0) is 31.5 Å². The van der Waals surface area contributed by atoms with E-state index in [1.54, 1.807) is 19.1 Å². The standard InChI is InChI=1S/C18H16N4O4S/c1-11-5-3-4-6-14(11)17-20-21-18(26-17)27-10-16(23)19-13-8-7-12(2)15(9-13)22(24)25/h3-9H,10H2,1-2H3,(H,19,23). The van der Waals surface area contributed by atoms with Crippen molar-refractivity contribution >= 4 is 29.0 Å². The highest BCUT2D eigenvalue weighted by molar-refractivity contribution is 7.99. The molecule has 2 aromatic carbocycles. The van der Waals surface area contributed by atoms with Gasteiger partial charge in [0.05, 0.1) is 10.7 Å². The predicted molar refractivity (Wildman–Crippen MR) is 102 cm³/mol. The first-order valence-electron chi connectivity index (χ1n) is 8.01. The van der Waals surface area contributed by atoms with Gasteiger partial charge in [0.2, 0.25) is 11.8 Å². The third-order valence-corrected chi connectivity index (χ3v) is 4.62. The first kappa shape index (κ1) is 18.6. The van der Waals surface area contributed by atoms with Gasteiger partial charge < -0.3 is 9.73 Å². The van der Waals surface area contributed by atoms with Crippen LogP contribution in [0, 0.1) is 24.0 Å². The molecule has 3 rings (SSSR count). The van der Waals surface area contributed by atoms with E-state index in [2.05, 4.69) is 15.5 Å². The molecule has 138 valence electrons. The Morgan fingerprint density at radius 2 is 1.96 bits per heavy atom. The molecule has 9 heteroatoms. The Kier molecular flexibility index (Phi) is 5.51. The maximum atomic E-state index is 12.1. The number of anilines is 1. The Bertz CT molecular complexity index is 1000. The molecule has 1 N–H and O–H groups in total. The zero-order valence-electron chi connectivity index (χ0n) is 14.6. The fourth-order valence-corrected chi connectivity index (χ4v) is 2.96. The van der Waals surface area contributed by atoms with Crippen molar-refractivity contribution < 1.29 is 14.1 Å². The first-order valence-corrected chi connectivity index (χ1v) is 9.00. The van der Waals surface area contributed by atoms with Gasteiger partial charge in [-0.2, -0.15) is 0 Å². The lowest BCUT2D eigenvalue weighted by atomic mass is 10.1. The van der Waals surface area contributed by atoms with Crippen LogP contribution in [0.3, 0.4) is 0 Å². The van der Waals surface area contributed by atoms with Crippen molar-refractivity contribution in [3.8, 4) is 11.5 Å². The van der Waals surface area contributed by atoms with Crippen molar-refractivity contribution in [2.24, 2.45) is 0 Å². The molecule has 0 saturated heterocycles. The van der Waals surface area contributed by atoms with Crippen molar-refractivity contribution in [1.29, 1.82) is 0 Å². The van der Waals surface area contributed by atoms with Crippen LogP contribution in [0.5, 0.6) is 0 Å². The molecule has 0 atom stereocenters. The average Bonchev–Trinajstić information content (AvgIpc) is 3.10. The van der Waals surface area contributed by atoms with Crippen LogP contribution >= 0.6 is 11.8 Å². The van der Waals surface area contributed by atoms with Gasteiger partial charge in [-0.3, -0.25) is 14.9 Å². The van der Waals surface area contributed by atoms with E-state index < -0.39 is 4.92 Å². The summed E-state index contributed by atoms with van der Waals surface area (Å²) in [5.41, 5.74) is 2.70. The molecule has 27 heavy (non-hydrogen) atoms. The van der Waals surface area contributed by atoms with Crippen molar-refractivity contribution in [2.75, 3.05) is 11.1 Å². The third-order valence-electron chi connectivity index (χ3n) is 3.80. The second kappa shape index (κ2) is 8.00. The maximum absolute atomic E-state index is 12.1. The van der Waals surface area contributed by atoms with Crippen LogP contribution in [0.2, 0.25) is 0 Å². The number of aryl methyl sites for hydroxylation is 2. The minimum atomic E-state index is -0.481. The molecule has 8 nitrogen and oxygen atoms in total. The normalized spacial score (nSPS) is 10.6. The number of hydrogen-bond acceptors (Lipinski definition) is 7. The molecule has 0 fully saturated rings. The summed E-state index contributed by atoms with van der Waals surface area (Å²) in [6, 6.07) is 12.2. The second-order valence-corrected chi connectivity index (χ2v) is 6.71. The smallest absolute Gasteiger partial charge is 0.277 e. The van der Waals surface area contributed by atoms with Crippen LogP contribution < -0.4 is 5.32 Å². The summed E-state index contributed by atoms with van der Waals surface area (Å²) in [5, 5.41) is 21.8. The molecule has 0 unspecified atom stereocenters. The molecule has 0 spiro atoms. The fourth-order valence-electron chi connectivity index (χ4n) is 2.40. The lowest BCUT2D eigenvalue weighted by molar-refractivity contribution is -0.385. The van der Waals surface area contributed by atoms with Crippen molar-refractivity contribution in [1.82, 2.24) is 10.2 Å². The minimum absolute atomic E-state index is 0.0388. The lowest BCUT2D eigenvalue weighted by Crippen LogP contribution is -2.14. The molecule has 0 aliphatic carbocycles. The van der Waals surface area contributed by atoms with E-state index in [9.17, 15) is 14.9 Å². The maximum Gasteiger partial charge on any atom is 0.277 e. The minimum Gasteiger partial charge on any atom is -0.411 e. The number of nitro groups is 1. The average molecular weight is 384 g/mol. The number of thioether (sulfide) groups is 1. The molecule has 1 heterocycles. The monoisotopic (exact) mass is 384 g/mol. The summed E-state index contributed by atoms with van der Waals surface area (Å²) in [4.78, 5) is 22.6. The third kappa shape index (κ3) is 4.50. The first-order chi connectivity index (χ1) is 12.9. The predicted octanol–water partition coefficient (Wildman–Crippen LogP) is 3.99. The van der Waals surface area contributed by atoms with E-state index in [4.69, 9.17) is 4.42 Å². The molecule has 0 aliphatic heterocycles. The Morgan fingerprint density at radius 1 is 1.19 bits per heavy atom. The summed E-state index contributed by atoms with van der Waals surface area (Å²) in [6.07, 6.45) is 0. The summed E-state index contributed by atoms with van der Waals surface area (Å²) in [6.45, 7) is 3.59. The highest BCUT2D eigenvalue weighted by atomic mass is 32.2. The Hall–Kier alpha value is -3.20. The second-order valence-electron chi connectivity index (χ2n) is 5.78. The number of amides is 1. The molecule has 1 aromatic heterocycles. The zero-order chi connectivity index (χ0) is 19.4. The SMILES string of the molecule is Cc1ccccc1-c1nnc(SCC(=O)Nc2ccc(C)c([N+](=O)[O-])c2)o1. The van der Waals surface area contributed by atoms with Crippen molar-refractivity contribution in [3.05, 3.63) is 63.7 Å². The molecule has 1 amide bonds. The van der Waals surface area contributed by atoms with Gasteiger partial charge in [0.1, 0.15) is 0 Å². The van der Waals surface area contributed by atoms with E-state index in [0.717, 1.165) is 22.9 Å². The number of hydrogen-bond donors (Lipinski definition) is 1. The number of rotatable bonds is 6. The number of benzene rings is 2. The van der Waals surface area contributed by atoms with Crippen LogP contribution in [-0.4, -0.2) is 26.8 Å². The number of nitrogens with zero attached hydrogens (tertiary/aromatic N) is 3. The number of aromatic nitrogens is 2. The van der Waals surface area contributed by atoms with E-state index in [1.807, 2.05) is 31.2 Å². The van der Waals surface area contributed by atoms with Gasteiger partial charge in [0, 0.05) is 22.9 Å². The number of carbonyl (C=O) groups is 1. The number of nitrogens with one attached hydrogen (secondary N) is 1. The van der Waals surface area contributed by atoms with E-state index in [-0.39, 0.29) is 22.6 Å². The van der Waals surface area contributed by atoms with E-state index in [0.29, 0.717) is 17.1 Å². The molecule has 0 radical (unpaired) electrons. The number of carbonyl (C=O) groups excluding carboxylic acids is 1. The summed E-state index contributed by atoms with van der Waals surface area (Å²) in [5.74, 6) is 0.107. The largest absolute Gasteiger partial charge is 0.411 e. The zero-order valence-corrected chi connectivity index (χ0v) is 15.4. The van der Waals surface area contributed by atoms with Gasteiger partial charge in [0.15, 0.2) is 0 Å². The highest BCUT2D eigenvalue weighted by Gasteiger charge is 2.15. The lowest BCUT2D eigenvalue weighted by Gasteiger charge is -2.05. The van der Waals surface area contributed by atoms with Crippen LogP contribution in [0.25, 0.3) is 11.5 Å². The topological polar surface area (TPSA) is 111 Å². The van der Waals surface area contributed by atoms with Gasteiger partial charge in [0.25, 0.3) is 10.9 Å². The van der Waals surface area contributed by atoms with Crippen LogP contribution in [0.15, 0.2) is 52.1 Å². The van der Waals surface area contributed by atoms with E-state index in [1.165, 1.54) is 6.07 Å². The van der Waals surface area contributed by atoms with Crippen molar-refractivity contribution in [3.63, 3.8) is 0 Å². The molecule has 0 saturated carbocycles. The summed E-state index contributed by atoms with van der Waals surface area (Å²) in [7, 11) is 0. The molecule has 0 bridgehead atoms. The van der Waals surface area contributed by atoms with Gasteiger partial charge >= 0.3 is 0 Å². The van der Waals surface area contributed by atoms with Gasteiger partial charge in [-0.25, -0.2) is 0 Å². The van der Waals surface area contributed by atoms with Gasteiger partial charge in [-0.1, -0.05) is 36.0 Å². The molecule has 0 aliphatic rings. The quantitative estimate of drug-likeness (QED) is 0.388. The Morgan fingerprint density at radius 3 is 2.70 bits per heavy atom. The fraction of sp³-hybridized carbons (Fsp3) is 0.167. The molecular formula is C18H16N4O4S. The Labute approximate surface area is 159 Å². The molecule has 3 aromatic rings. The van der Waals surface area contributed by atoms with Crippen LogP contribution in [0.1, 0.15) is 11.1 Å². The summed E-state index contributed by atoms with van der Waals surface area (Å²) >= 11 is 1.10. The van der Waals surface area contributed by atoms with Gasteiger partial charge in [-0.15, -0.1) is 10.2 Å². The van der Waals surface area contributed by atoms with Crippen LogP contribution in [0.4, 0.5) is 11.4 Å². The van der Waals surface area contributed by atoms with Crippen LogP contribution in [-0.2, 0) is 4.79 Å². The van der Waals surface area contributed by atoms with E-state index >= 15 is 0 Å². The summed E-state index contributed by atoms with van der Waals surface area (Å²) < 4.78 is 5.59. The number of nitro benzene ring substituents is 1. The van der Waals surface area contributed by atoms with Crippen molar-refractivity contribution in [2.45, 2.75) is 19.1 Å². The highest BCUT2D eigenvalue weighted by Crippen LogP contribution is 2.26. The Balaban J connectivity index is 1.61.